The lowest BCUT2D eigenvalue weighted by molar-refractivity contribution is 0.174. The first-order valence-corrected chi connectivity index (χ1v) is 7.83. The summed E-state index contributed by atoms with van der Waals surface area (Å²) in [6.45, 7) is 5.32. The first kappa shape index (κ1) is 14.2. The van der Waals surface area contributed by atoms with E-state index in [0.29, 0.717) is 5.92 Å². The fraction of sp³-hybridized carbons (Fsp3) is 0.368. The lowest BCUT2D eigenvalue weighted by Crippen LogP contribution is -2.31. The maximum Gasteiger partial charge on any atom is 0.0807 e. The molecule has 3 rings (SSSR count). The number of hydrogen-bond acceptors (Lipinski definition) is 2. The third kappa shape index (κ3) is 2.68. The van der Waals surface area contributed by atoms with Crippen LogP contribution >= 0.6 is 0 Å². The number of hydrogen-bond donors (Lipinski definition) is 1. The zero-order valence-electron chi connectivity index (χ0n) is 12.8. The van der Waals surface area contributed by atoms with Crippen molar-refractivity contribution in [1.82, 2.24) is 0 Å². The Labute approximate surface area is 127 Å². The Morgan fingerprint density at radius 3 is 2.52 bits per heavy atom. The van der Waals surface area contributed by atoms with E-state index in [9.17, 15) is 5.11 Å². The predicted molar refractivity (Wildman–Crippen MR) is 88.0 cm³/mol. The molecule has 110 valence electrons. The fourth-order valence-electron chi connectivity index (χ4n) is 3.26. The van der Waals surface area contributed by atoms with Crippen LogP contribution in [0.15, 0.2) is 48.5 Å². The highest BCUT2D eigenvalue weighted by molar-refractivity contribution is 5.70. The molecule has 0 aromatic heterocycles. The van der Waals surface area contributed by atoms with Gasteiger partial charge in [0.05, 0.1) is 6.10 Å². The van der Waals surface area contributed by atoms with Gasteiger partial charge in [-0.2, -0.15) is 0 Å². The van der Waals surface area contributed by atoms with Gasteiger partial charge < -0.3 is 10.0 Å². The predicted octanol–water partition coefficient (Wildman–Crippen LogP) is 4.46. The number of anilines is 2. The Morgan fingerprint density at radius 2 is 1.76 bits per heavy atom. The van der Waals surface area contributed by atoms with Gasteiger partial charge in [-0.15, -0.1) is 0 Å². The second-order valence-electron chi connectivity index (χ2n) is 6.03. The topological polar surface area (TPSA) is 23.5 Å². The van der Waals surface area contributed by atoms with Crippen molar-refractivity contribution in [3.8, 4) is 0 Å². The van der Waals surface area contributed by atoms with Crippen LogP contribution in [0.2, 0.25) is 0 Å². The molecule has 0 spiro atoms. The molecule has 0 saturated carbocycles. The first-order chi connectivity index (χ1) is 10.2. The summed E-state index contributed by atoms with van der Waals surface area (Å²) in [7, 11) is 0. The second-order valence-corrected chi connectivity index (χ2v) is 6.03. The van der Waals surface area contributed by atoms with Crippen molar-refractivity contribution in [2.75, 3.05) is 11.4 Å². The van der Waals surface area contributed by atoms with E-state index in [1.165, 1.54) is 11.3 Å². The van der Waals surface area contributed by atoms with Gasteiger partial charge in [0.1, 0.15) is 0 Å². The van der Waals surface area contributed by atoms with Gasteiger partial charge in [0, 0.05) is 23.5 Å². The summed E-state index contributed by atoms with van der Waals surface area (Å²) in [6, 6.07) is 16.9. The number of rotatable bonds is 3. The third-order valence-corrected chi connectivity index (χ3v) is 4.32. The smallest absolute Gasteiger partial charge is 0.0807 e. The van der Waals surface area contributed by atoms with E-state index in [1.807, 2.05) is 19.1 Å². The zero-order chi connectivity index (χ0) is 14.8. The molecule has 1 unspecified atom stereocenters. The van der Waals surface area contributed by atoms with Gasteiger partial charge >= 0.3 is 0 Å². The van der Waals surface area contributed by atoms with Crippen molar-refractivity contribution in [3.05, 3.63) is 59.7 Å². The van der Waals surface area contributed by atoms with Gasteiger partial charge in [0.2, 0.25) is 0 Å². The molecule has 1 aliphatic rings. The number of nitrogens with zero attached hydrogens (tertiary/aromatic N) is 1. The minimum atomic E-state index is -0.398. The number of fused-ring (bicyclic) bond motifs is 1. The summed E-state index contributed by atoms with van der Waals surface area (Å²) in [5, 5.41) is 10.3. The highest BCUT2D eigenvalue weighted by Gasteiger charge is 2.25. The van der Waals surface area contributed by atoms with E-state index in [4.69, 9.17) is 0 Å². The molecule has 2 nitrogen and oxygen atoms in total. The highest BCUT2D eigenvalue weighted by atomic mass is 16.3. The van der Waals surface area contributed by atoms with Gasteiger partial charge in [-0.25, -0.2) is 0 Å². The van der Waals surface area contributed by atoms with Crippen LogP contribution in [0.25, 0.3) is 0 Å². The van der Waals surface area contributed by atoms with Crippen LogP contribution < -0.4 is 4.90 Å². The summed E-state index contributed by atoms with van der Waals surface area (Å²) < 4.78 is 0. The quantitative estimate of drug-likeness (QED) is 0.898. The monoisotopic (exact) mass is 281 g/mol. The Hall–Kier alpha value is -1.80. The summed E-state index contributed by atoms with van der Waals surface area (Å²) in [5.74, 6) is 0.617. The molecule has 1 N–H and O–H groups in total. The number of benzene rings is 2. The van der Waals surface area contributed by atoms with Crippen LogP contribution in [0.1, 0.15) is 37.5 Å². The van der Waals surface area contributed by atoms with Gasteiger partial charge in [-0.3, -0.25) is 0 Å². The van der Waals surface area contributed by atoms with Gasteiger partial charge in [0.25, 0.3) is 0 Å². The van der Waals surface area contributed by atoms with Crippen molar-refractivity contribution >= 4 is 11.4 Å². The first-order valence-electron chi connectivity index (χ1n) is 7.83. The zero-order valence-corrected chi connectivity index (χ0v) is 12.8. The Kier molecular flexibility index (Phi) is 3.98. The molecule has 0 aliphatic carbocycles. The van der Waals surface area contributed by atoms with Gasteiger partial charge in [-0.05, 0) is 36.5 Å². The number of aliphatic hydroxyl groups is 1. The van der Waals surface area contributed by atoms with E-state index < -0.39 is 6.10 Å². The van der Waals surface area contributed by atoms with Crippen LogP contribution in [0, 0.1) is 5.92 Å². The van der Waals surface area contributed by atoms with E-state index in [2.05, 4.69) is 48.2 Å². The second kappa shape index (κ2) is 5.90. The molecule has 0 bridgehead atoms. The Balaban J connectivity index is 2.09. The lowest BCUT2D eigenvalue weighted by Gasteiger charge is -2.36. The molecule has 0 fully saturated rings. The normalized spacial score (nSPS) is 19.2. The van der Waals surface area contributed by atoms with Gasteiger partial charge in [-0.1, -0.05) is 50.2 Å². The van der Waals surface area contributed by atoms with Crippen molar-refractivity contribution in [2.45, 2.75) is 32.8 Å². The largest absolute Gasteiger partial charge is 0.388 e. The lowest BCUT2D eigenvalue weighted by atomic mass is 9.92. The highest BCUT2D eigenvalue weighted by Crippen LogP contribution is 2.38. The molecule has 0 saturated heterocycles. The maximum absolute atomic E-state index is 10.3. The average molecular weight is 281 g/mol. The van der Waals surface area contributed by atoms with E-state index in [-0.39, 0.29) is 0 Å². The molecule has 1 heterocycles. The van der Waals surface area contributed by atoms with Crippen LogP contribution in [-0.4, -0.2) is 11.7 Å². The summed E-state index contributed by atoms with van der Waals surface area (Å²) in [5.41, 5.74) is 4.86. The van der Waals surface area contributed by atoms with E-state index in [1.54, 1.807) is 0 Å². The van der Waals surface area contributed by atoms with Gasteiger partial charge in [0.15, 0.2) is 0 Å². The van der Waals surface area contributed by atoms with Crippen LogP contribution in [0.3, 0.4) is 0 Å². The van der Waals surface area contributed by atoms with Crippen molar-refractivity contribution < 1.29 is 5.11 Å². The Bertz CT molecular complexity index is 622. The standard InChI is InChI=1S/C19H23NO/c1-3-19(21)16-9-5-7-11-18(16)20-13-14(2)12-15-8-4-6-10-17(15)20/h4-11,14,19,21H,3,12-13H2,1-2H3/t14?,19-/m0/s1. The summed E-state index contributed by atoms with van der Waals surface area (Å²) in [4.78, 5) is 2.37. The summed E-state index contributed by atoms with van der Waals surface area (Å²) in [6.07, 6.45) is 1.47. The van der Waals surface area contributed by atoms with Crippen LogP contribution in [-0.2, 0) is 6.42 Å². The molecule has 2 heteroatoms. The molecule has 1 aliphatic heterocycles. The maximum atomic E-state index is 10.3. The van der Waals surface area contributed by atoms with E-state index in [0.717, 1.165) is 30.6 Å². The number of aliphatic hydroxyl groups excluding tert-OH is 1. The van der Waals surface area contributed by atoms with Crippen molar-refractivity contribution in [2.24, 2.45) is 5.92 Å². The molecule has 0 radical (unpaired) electrons. The molecule has 2 aromatic rings. The van der Waals surface area contributed by atoms with Crippen LogP contribution in [0.5, 0.6) is 0 Å². The third-order valence-electron chi connectivity index (χ3n) is 4.32. The summed E-state index contributed by atoms with van der Waals surface area (Å²) >= 11 is 0. The minimum Gasteiger partial charge on any atom is -0.388 e. The molecule has 0 amide bonds. The molecular weight excluding hydrogens is 258 g/mol. The van der Waals surface area contributed by atoms with E-state index >= 15 is 0 Å². The SMILES string of the molecule is CC[C@H](O)c1ccccc1N1CC(C)Cc2ccccc21. The average Bonchev–Trinajstić information content (AvgIpc) is 2.53. The Morgan fingerprint density at radius 1 is 1.10 bits per heavy atom. The molecule has 2 aromatic carbocycles. The molecule has 2 atom stereocenters. The fourth-order valence-corrected chi connectivity index (χ4v) is 3.26. The number of para-hydroxylation sites is 2. The van der Waals surface area contributed by atoms with Crippen molar-refractivity contribution in [1.29, 1.82) is 0 Å². The molecule has 21 heavy (non-hydrogen) atoms. The van der Waals surface area contributed by atoms with Crippen LogP contribution in [0.4, 0.5) is 11.4 Å². The minimum absolute atomic E-state index is 0.398. The van der Waals surface area contributed by atoms with Crippen molar-refractivity contribution in [3.63, 3.8) is 0 Å². The molecular formula is C19H23NO.